The molecule has 0 saturated carbocycles. The first kappa shape index (κ1) is 27.4. The molecule has 0 fully saturated rings. The van der Waals surface area contributed by atoms with E-state index in [2.05, 4.69) is 137 Å². The Morgan fingerprint density at radius 2 is 0.346 bits per heavy atom. The summed E-state index contributed by atoms with van der Waals surface area (Å²) < 4.78 is 0. The van der Waals surface area contributed by atoms with Crippen LogP contribution in [0, 0.1) is 0 Å². The van der Waals surface area contributed by atoms with Gasteiger partial charge in [0.1, 0.15) is 0 Å². The Hall–Kier alpha value is -0.821. The van der Waals surface area contributed by atoms with E-state index in [1.807, 2.05) is 0 Å². The van der Waals surface area contributed by atoms with Crippen molar-refractivity contribution in [2.24, 2.45) is 0 Å². The third-order valence-electron chi connectivity index (χ3n) is 1.33. The van der Waals surface area contributed by atoms with E-state index in [1.165, 1.54) is 0 Å². The van der Waals surface area contributed by atoms with Gasteiger partial charge in [-0.2, -0.15) is 61.2 Å². The summed E-state index contributed by atoms with van der Waals surface area (Å²) in [5.41, 5.74) is 0. The Morgan fingerprint density at radius 3 is 0.423 bits per heavy atom. The quantitative estimate of drug-likeness (QED) is 0.212. The molecule has 0 aliphatic carbocycles. The third-order valence-corrected chi connectivity index (χ3v) is 2.31. The van der Waals surface area contributed by atoms with Crippen LogP contribution in [0.4, 0.5) is 0 Å². The molecule has 26 heavy (non-hydrogen) atoms. The zero-order valence-electron chi connectivity index (χ0n) is 11.5. The average Bonchev–Trinajstić information content (AvgIpc) is 2.57. The number of hydrogen-bond acceptors (Lipinski definition) is 18. The smallest absolute Gasteiger partial charge is 0.736 e. The van der Waals surface area contributed by atoms with Gasteiger partial charge in [0.25, 0.3) is 0 Å². The summed E-state index contributed by atoms with van der Waals surface area (Å²) in [6.45, 7) is 0. The summed E-state index contributed by atoms with van der Waals surface area (Å²) in [6, 6.07) is 0. The SMILES string of the molecule is [Fe+3].[Fe+3].[S-]c1nnc([S-])nn1.[S-]c1nnc([S-])nn1.[S-]c1nnc([S-])nn1. The van der Waals surface area contributed by atoms with Crippen molar-refractivity contribution < 1.29 is 34.1 Å². The average molecular weight is 544 g/mol. The Morgan fingerprint density at radius 1 is 0.269 bits per heavy atom. The van der Waals surface area contributed by atoms with Crippen molar-refractivity contribution >= 4 is 75.8 Å². The van der Waals surface area contributed by atoms with Crippen LogP contribution in [-0.2, 0) is 110 Å². The maximum Gasteiger partial charge on any atom is 3.00 e. The number of aromatic nitrogens is 12. The van der Waals surface area contributed by atoms with Gasteiger partial charge in [0, 0.05) is 0 Å². The van der Waals surface area contributed by atoms with E-state index in [1.54, 1.807) is 0 Å². The summed E-state index contributed by atoms with van der Waals surface area (Å²) in [7, 11) is 0. The Balaban J connectivity index is 0. The van der Waals surface area contributed by atoms with Gasteiger partial charge in [0.15, 0.2) is 0 Å². The molecule has 2 radical (unpaired) electrons. The molecule has 3 aromatic heterocycles. The van der Waals surface area contributed by atoms with Crippen molar-refractivity contribution in [3.05, 3.63) is 0 Å². The van der Waals surface area contributed by atoms with Gasteiger partial charge < -0.3 is 75.8 Å². The zero-order chi connectivity index (χ0) is 17.9. The van der Waals surface area contributed by atoms with Crippen molar-refractivity contribution in [2.75, 3.05) is 0 Å². The summed E-state index contributed by atoms with van der Waals surface area (Å²) in [4.78, 5) is 0. The molecule has 0 spiro atoms. The minimum absolute atomic E-state index is 0. The summed E-state index contributed by atoms with van der Waals surface area (Å²) in [5.74, 6) is 0. The number of hydrogen-bond donors (Lipinski definition) is 0. The predicted octanol–water partition coefficient (Wildman–Crippen LogP) is -2.77. The molecule has 0 atom stereocenters. The third kappa shape index (κ3) is 13.4. The van der Waals surface area contributed by atoms with Gasteiger partial charge in [0.2, 0.25) is 0 Å². The fourth-order valence-electron chi connectivity index (χ4n) is 0.633. The molecule has 3 rings (SSSR count). The fraction of sp³-hybridized carbons (Fsp3) is 0. The van der Waals surface area contributed by atoms with Crippen LogP contribution < -0.4 is 0 Å². The van der Waals surface area contributed by atoms with Crippen molar-refractivity contribution in [3.8, 4) is 0 Å². The van der Waals surface area contributed by atoms with Gasteiger partial charge in [-0.15, -0.1) is 0 Å². The second kappa shape index (κ2) is 15.3. The standard InChI is InChI=1S/3C2H2N4S2.2Fe/c3*7-1-3-5-2(8)6-4-1;;/h3*(H,3,4,7)(H,5,6,8);;/q;;;2*+3/p-6. The van der Waals surface area contributed by atoms with Gasteiger partial charge in [-0.25, -0.2) is 0 Å². The Labute approximate surface area is 200 Å². The van der Waals surface area contributed by atoms with Crippen LogP contribution >= 0.6 is 0 Å². The van der Waals surface area contributed by atoms with Crippen molar-refractivity contribution in [3.63, 3.8) is 0 Å². The molecular formula is C6Fe2N12S6. The monoisotopic (exact) mass is 544 g/mol. The van der Waals surface area contributed by atoms with Crippen LogP contribution in [0.15, 0.2) is 30.9 Å². The van der Waals surface area contributed by atoms with Crippen LogP contribution in [0.1, 0.15) is 0 Å². The molecular weight excluding hydrogens is 544 g/mol. The first-order valence-electron chi connectivity index (χ1n) is 5.11. The largest absolute Gasteiger partial charge is 3.00 e. The van der Waals surface area contributed by atoms with E-state index in [0.29, 0.717) is 0 Å². The summed E-state index contributed by atoms with van der Waals surface area (Å²) in [6.07, 6.45) is 0. The van der Waals surface area contributed by atoms with Gasteiger partial charge in [-0.05, 0) is 0 Å². The molecule has 12 nitrogen and oxygen atoms in total. The summed E-state index contributed by atoms with van der Waals surface area (Å²) >= 11 is 26.9. The maximum atomic E-state index is 4.48. The molecule has 136 valence electrons. The fourth-order valence-corrected chi connectivity index (χ4v) is 1.12. The number of rotatable bonds is 0. The molecule has 0 amide bonds. The van der Waals surface area contributed by atoms with Gasteiger partial charge in [0.05, 0.1) is 30.9 Å². The molecule has 0 unspecified atom stereocenters. The normalized spacial score (nSPS) is 8.31. The molecule has 0 aliphatic heterocycles. The topological polar surface area (TPSA) is 155 Å². The number of nitrogens with zero attached hydrogens (tertiary/aromatic N) is 12. The molecule has 0 bridgehead atoms. The first-order valence-corrected chi connectivity index (χ1v) is 7.56. The van der Waals surface area contributed by atoms with Gasteiger partial charge in [-0.3, -0.25) is 0 Å². The second-order valence-electron chi connectivity index (χ2n) is 2.90. The minimum Gasteiger partial charge on any atom is -0.736 e. The second-order valence-corrected chi connectivity index (χ2v) is 5.09. The van der Waals surface area contributed by atoms with Crippen molar-refractivity contribution in [1.29, 1.82) is 0 Å². The Bertz CT molecular complexity index is 566. The summed E-state index contributed by atoms with van der Waals surface area (Å²) in [5, 5.41) is 41.1. The molecule has 3 heterocycles. The molecule has 0 aromatic carbocycles. The first-order chi connectivity index (χ1) is 11.4. The molecule has 20 heteroatoms. The maximum absolute atomic E-state index is 4.48. The van der Waals surface area contributed by atoms with Gasteiger partial charge >= 0.3 is 34.1 Å². The van der Waals surface area contributed by atoms with Crippen LogP contribution in [0.5, 0.6) is 0 Å². The van der Waals surface area contributed by atoms with Crippen LogP contribution in [-0.4, -0.2) is 61.2 Å². The van der Waals surface area contributed by atoms with E-state index >= 15 is 0 Å². The van der Waals surface area contributed by atoms with Crippen LogP contribution in [0.3, 0.4) is 0 Å². The van der Waals surface area contributed by atoms with Gasteiger partial charge in [-0.1, -0.05) is 0 Å². The van der Waals surface area contributed by atoms with Crippen molar-refractivity contribution in [2.45, 2.75) is 30.9 Å². The van der Waals surface area contributed by atoms with E-state index in [0.717, 1.165) is 0 Å². The van der Waals surface area contributed by atoms with E-state index in [-0.39, 0.29) is 65.1 Å². The Kier molecular flexibility index (Phi) is 16.1. The predicted molar refractivity (Wildman–Crippen MR) is 86.7 cm³/mol. The molecule has 3 aromatic rings. The van der Waals surface area contributed by atoms with Crippen molar-refractivity contribution in [1.82, 2.24) is 61.2 Å². The molecule has 0 aliphatic rings. The van der Waals surface area contributed by atoms with Crippen LogP contribution in [0.25, 0.3) is 0 Å². The van der Waals surface area contributed by atoms with E-state index in [4.69, 9.17) is 0 Å². The van der Waals surface area contributed by atoms with E-state index < -0.39 is 0 Å². The zero-order valence-corrected chi connectivity index (χ0v) is 18.6. The van der Waals surface area contributed by atoms with E-state index in [9.17, 15) is 0 Å². The minimum atomic E-state index is 0. The molecule has 0 saturated heterocycles. The van der Waals surface area contributed by atoms with Crippen LogP contribution in [0.2, 0.25) is 0 Å². The molecule has 0 N–H and O–H groups in total.